The van der Waals surface area contributed by atoms with Crippen molar-refractivity contribution in [2.24, 2.45) is 0 Å². The van der Waals surface area contributed by atoms with Crippen LogP contribution in [0.25, 0.3) is 0 Å². The molecule has 0 saturated carbocycles. The molecule has 0 aromatic carbocycles. The molecule has 1 heterocycles. The Morgan fingerprint density at radius 3 is 2.63 bits per heavy atom. The molecule has 1 aliphatic rings. The second-order valence-corrected chi connectivity index (χ2v) is 5.70. The lowest BCUT2D eigenvalue weighted by atomic mass is 10.1. The molecule has 1 atom stereocenters. The number of carboxylic acid groups (broad SMARTS) is 1. The Bertz CT molecular complexity index is 309. The second-order valence-electron chi connectivity index (χ2n) is 4.71. The van der Waals surface area contributed by atoms with Gasteiger partial charge in [0, 0.05) is 13.1 Å². The van der Waals surface area contributed by atoms with Crippen LogP contribution >= 0.6 is 11.8 Å². The Morgan fingerprint density at radius 2 is 2.11 bits per heavy atom. The molecular formula is C12H23N3O3S. The number of thioether (sulfide) groups is 1. The molecule has 1 aliphatic heterocycles. The van der Waals surface area contributed by atoms with Gasteiger partial charge in [-0.2, -0.15) is 11.8 Å². The van der Waals surface area contributed by atoms with Crippen molar-refractivity contribution in [2.45, 2.75) is 31.3 Å². The number of piperidine rings is 1. The van der Waals surface area contributed by atoms with E-state index in [0.717, 1.165) is 25.9 Å². The van der Waals surface area contributed by atoms with Crippen LogP contribution in [0.5, 0.6) is 0 Å². The van der Waals surface area contributed by atoms with Crippen LogP contribution in [-0.2, 0) is 4.79 Å². The fourth-order valence-electron chi connectivity index (χ4n) is 2.10. The standard InChI is InChI=1S/C12H23N3O3S/c1-15(9-3-6-13-7-4-9)12(18)14-10(11(16)17)5-8-19-2/h9-10,13H,3-8H2,1-2H3,(H,14,18)(H,16,17)/t10-/m0/s1. The highest BCUT2D eigenvalue weighted by Gasteiger charge is 2.25. The van der Waals surface area contributed by atoms with Crippen LogP contribution in [0.2, 0.25) is 0 Å². The van der Waals surface area contributed by atoms with Crippen molar-refractivity contribution in [3.63, 3.8) is 0 Å². The average molecular weight is 289 g/mol. The maximum atomic E-state index is 12.0. The zero-order valence-corrected chi connectivity index (χ0v) is 12.3. The molecule has 19 heavy (non-hydrogen) atoms. The average Bonchev–Trinajstić information content (AvgIpc) is 2.43. The number of nitrogens with one attached hydrogen (secondary N) is 2. The fraction of sp³-hybridized carbons (Fsp3) is 0.833. The summed E-state index contributed by atoms with van der Waals surface area (Å²) in [6, 6.07) is -0.902. The van der Waals surface area contributed by atoms with E-state index in [1.54, 1.807) is 23.7 Å². The first-order valence-corrected chi connectivity index (χ1v) is 7.91. The Morgan fingerprint density at radius 1 is 1.47 bits per heavy atom. The second kappa shape index (κ2) is 8.27. The molecule has 0 unspecified atom stereocenters. The van der Waals surface area contributed by atoms with Gasteiger partial charge in [0.05, 0.1) is 0 Å². The van der Waals surface area contributed by atoms with Crippen molar-refractivity contribution in [1.82, 2.24) is 15.5 Å². The van der Waals surface area contributed by atoms with Crippen LogP contribution in [0.3, 0.4) is 0 Å². The van der Waals surface area contributed by atoms with E-state index in [2.05, 4.69) is 10.6 Å². The van der Waals surface area contributed by atoms with Gasteiger partial charge in [0.1, 0.15) is 6.04 Å². The monoisotopic (exact) mass is 289 g/mol. The smallest absolute Gasteiger partial charge is 0.326 e. The van der Waals surface area contributed by atoms with Crippen molar-refractivity contribution in [3.05, 3.63) is 0 Å². The summed E-state index contributed by atoms with van der Waals surface area (Å²) in [5.41, 5.74) is 0. The SMILES string of the molecule is CSCC[C@H](NC(=O)N(C)C1CCNCC1)C(=O)O. The van der Waals surface area contributed by atoms with Gasteiger partial charge in [0.2, 0.25) is 0 Å². The lowest BCUT2D eigenvalue weighted by molar-refractivity contribution is -0.139. The molecule has 110 valence electrons. The van der Waals surface area contributed by atoms with E-state index in [1.807, 2.05) is 6.26 Å². The highest BCUT2D eigenvalue weighted by molar-refractivity contribution is 7.98. The predicted octanol–water partition coefficient (Wildman–Crippen LogP) is 0.586. The van der Waals surface area contributed by atoms with Crippen LogP contribution in [0.4, 0.5) is 4.79 Å². The summed E-state index contributed by atoms with van der Waals surface area (Å²) in [6.07, 6.45) is 4.18. The summed E-state index contributed by atoms with van der Waals surface area (Å²) < 4.78 is 0. The molecule has 6 nitrogen and oxygen atoms in total. The normalized spacial score (nSPS) is 17.8. The van der Waals surface area contributed by atoms with E-state index in [-0.39, 0.29) is 12.1 Å². The van der Waals surface area contributed by atoms with Crippen molar-refractivity contribution in [1.29, 1.82) is 0 Å². The molecular weight excluding hydrogens is 266 g/mol. The summed E-state index contributed by atoms with van der Waals surface area (Å²) in [5.74, 6) is -0.255. The molecule has 1 rings (SSSR count). The third-order valence-corrected chi connectivity index (χ3v) is 4.03. The summed E-state index contributed by atoms with van der Waals surface area (Å²) in [5, 5.41) is 14.9. The molecule has 0 spiro atoms. The van der Waals surface area contributed by atoms with Crippen LogP contribution in [0.1, 0.15) is 19.3 Å². The number of rotatable bonds is 6. The Kier molecular flexibility index (Phi) is 7.01. The van der Waals surface area contributed by atoms with Crippen LogP contribution in [-0.4, -0.2) is 66.2 Å². The molecule has 0 aromatic heterocycles. The Labute approximate surface area is 118 Å². The van der Waals surface area contributed by atoms with E-state index >= 15 is 0 Å². The fourth-order valence-corrected chi connectivity index (χ4v) is 2.58. The van der Waals surface area contributed by atoms with Gasteiger partial charge in [-0.3, -0.25) is 0 Å². The molecule has 0 aliphatic carbocycles. The number of carbonyl (C=O) groups is 2. The van der Waals surface area contributed by atoms with Gasteiger partial charge in [-0.1, -0.05) is 0 Å². The number of hydrogen-bond donors (Lipinski definition) is 3. The number of hydrogen-bond acceptors (Lipinski definition) is 4. The van der Waals surface area contributed by atoms with Gasteiger partial charge in [-0.15, -0.1) is 0 Å². The van der Waals surface area contributed by atoms with Gasteiger partial charge < -0.3 is 20.6 Å². The van der Waals surface area contributed by atoms with E-state index in [4.69, 9.17) is 5.11 Å². The summed E-state index contributed by atoms with van der Waals surface area (Å²) in [6.45, 7) is 1.80. The quantitative estimate of drug-likeness (QED) is 0.666. The van der Waals surface area contributed by atoms with E-state index in [9.17, 15) is 9.59 Å². The van der Waals surface area contributed by atoms with E-state index in [0.29, 0.717) is 12.2 Å². The van der Waals surface area contributed by atoms with Crippen LogP contribution in [0.15, 0.2) is 0 Å². The lowest BCUT2D eigenvalue weighted by Crippen LogP contribution is -2.52. The molecule has 7 heteroatoms. The third kappa shape index (κ3) is 5.28. The first-order chi connectivity index (χ1) is 9.06. The van der Waals surface area contributed by atoms with Gasteiger partial charge in [0.25, 0.3) is 0 Å². The minimum Gasteiger partial charge on any atom is -0.480 e. The zero-order valence-electron chi connectivity index (χ0n) is 11.5. The van der Waals surface area contributed by atoms with Gasteiger partial charge in [-0.05, 0) is 44.4 Å². The third-order valence-electron chi connectivity index (χ3n) is 3.38. The summed E-state index contributed by atoms with van der Waals surface area (Å²) in [7, 11) is 1.73. The van der Waals surface area contributed by atoms with Crippen molar-refractivity contribution >= 4 is 23.8 Å². The molecule has 2 amide bonds. The van der Waals surface area contributed by atoms with Crippen molar-refractivity contribution < 1.29 is 14.7 Å². The number of carbonyl (C=O) groups excluding carboxylic acids is 1. The Hall–Kier alpha value is -0.950. The highest BCUT2D eigenvalue weighted by Crippen LogP contribution is 2.10. The first-order valence-electron chi connectivity index (χ1n) is 6.52. The van der Waals surface area contributed by atoms with Gasteiger partial charge in [-0.25, -0.2) is 9.59 Å². The van der Waals surface area contributed by atoms with E-state index in [1.165, 1.54) is 0 Å². The minimum absolute atomic E-state index is 0.191. The summed E-state index contributed by atoms with van der Waals surface area (Å²) in [4.78, 5) is 24.8. The van der Waals surface area contributed by atoms with Crippen LogP contribution < -0.4 is 10.6 Å². The predicted molar refractivity (Wildman–Crippen MR) is 76.6 cm³/mol. The zero-order chi connectivity index (χ0) is 14.3. The number of amides is 2. The molecule has 1 saturated heterocycles. The molecule has 0 bridgehead atoms. The highest BCUT2D eigenvalue weighted by atomic mass is 32.2. The van der Waals surface area contributed by atoms with E-state index < -0.39 is 12.0 Å². The number of nitrogens with zero attached hydrogens (tertiary/aromatic N) is 1. The minimum atomic E-state index is -0.971. The lowest BCUT2D eigenvalue weighted by Gasteiger charge is -2.32. The molecule has 0 radical (unpaired) electrons. The first kappa shape index (κ1) is 16.1. The van der Waals surface area contributed by atoms with Gasteiger partial charge >= 0.3 is 12.0 Å². The largest absolute Gasteiger partial charge is 0.480 e. The number of carboxylic acids is 1. The number of urea groups is 1. The van der Waals surface area contributed by atoms with Crippen molar-refractivity contribution in [3.8, 4) is 0 Å². The molecule has 3 N–H and O–H groups in total. The maximum absolute atomic E-state index is 12.0. The van der Waals surface area contributed by atoms with Crippen molar-refractivity contribution in [2.75, 3.05) is 32.1 Å². The maximum Gasteiger partial charge on any atom is 0.326 e. The van der Waals surface area contributed by atoms with Crippen LogP contribution in [0, 0.1) is 0 Å². The molecule has 1 fully saturated rings. The number of aliphatic carboxylic acids is 1. The summed E-state index contributed by atoms with van der Waals surface area (Å²) >= 11 is 1.57. The van der Waals surface area contributed by atoms with Gasteiger partial charge in [0.15, 0.2) is 0 Å². The Balaban J connectivity index is 2.47. The topological polar surface area (TPSA) is 81.7 Å². The molecule has 0 aromatic rings.